The third kappa shape index (κ3) is 7.37. The summed E-state index contributed by atoms with van der Waals surface area (Å²) in [5.74, 6) is -0.188. The molecule has 25 heavy (non-hydrogen) atoms. The third-order valence-corrected chi connectivity index (χ3v) is 3.40. The molecule has 2 N–H and O–H groups in total. The number of benzene rings is 1. The van der Waals surface area contributed by atoms with Crippen molar-refractivity contribution < 1.29 is 8.78 Å². The van der Waals surface area contributed by atoms with Gasteiger partial charge < -0.3 is 10.6 Å². The Morgan fingerprint density at radius 3 is 2.76 bits per heavy atom. The Balaban J connectivity index is 0.00000312. The molecule has 0 atom stereocenters. The molecule has 0 aliphatic rings. The number of aromatic nitrogens is 2. The van der Waals surface area contributed by atoms with Gasteiger partial charge in [0.05, 0.1) is 12.7 Å². The first-order chi connectivity index (χ1) is 11.6. The van der Waals surface area contributed by atoms with Crippen molar-refractivity contribution in [1.29, 1.82) is 0 Å². The number of guanidine groups is 1. The summed E-state index contributed by atoms with van der Waals surface area (Å²) in [6, 6.07) is 3.47. The summed E-state index contributed by atoms with van der Waals surface area (Å²) >= 11 is 0. The van der Waals surface area contributed by atoms with E-state index in [1.165, 1.54) is 6.07 Å². The van der Waals surface area contributed by atoms with Gasteiger partial charge in [-0.2, -0.15) is 5.10 Å². The van der Waals surface area contributed by atoms with E-state index in [0.717, 1.165) is 30.8 Å². The first-order valence-corrected chi connectivity index (χ1v) is 8.03. The van der Waals surface area contributed by atoms with Crippen LogP contribution in [0.15, 0.2) is 35.6 Å². The van der Waals surface area contributed by atoms with E-state index in [-0.39, 0.29) is 24.0 Å². The fraction of sp³-hybridized carbons (Fsp3) is 0.412. The minimum absolute atomic E-state index is 0. The normalized spacial score (nSPS) is 11.1. The zero-order chi connectivity index (χ0) is 17.4. The van der Waals surface area contributed by atoms with Crippen LogP contribution in [-0.4, -0.2) is 35.4 Å². The van der Waals surface area contributed by atoms with Crippen LogP contribution in [0.25, 0.3) is 0 Å². The monoisotopic (exact) mass is 463 g/mol. The maximum absolute atomic E-state index is 13.6. The third-order valence-electron chi connectivity index (χ3n) is 3.40. The second-order valence-electron chi connectivity index (χ2n) is 5.45. The number of rotatable bonds is 7. The lowest BCUT2D eigenvalue weighted by molar-refractivity contribution is 0.584. The van der Waals surface area contributed by atoms with Gasteiger partial charge in [-0.1, -0.05) is 0 Å². The van der Waals surface area contributed by atoms with Crippen LogP contribution in [0.1, 0.15) is 18.1 Å². The summed E-state index contributed by atoms with van der Waals surface area (Å²) in [7, 11) is 0. The zero-order valence-corrected chi connectivity index (χ0v) is 16.8. The van der Waals surface area contributed by atoms with Gasteiger partial charge in [-0.05, 0) is 49.6 Å². The molecular weight excluding hydrogens is 439 g/mol. The highest BCUT2D eigenvalue weighted by Gasteiger charge is 2.04. The summed E-state index contributed by atoms with van der Waals surface area (Å²) in [5.41, 5.74) is 1.45. The lowest BCUT2D eigenvalue weighted by Gasteiger charge is -2.11. The van der Waals surface area contributed by atoms with Crippen LogP contribution in [0.4, 0.5) is 8.78 Å². The van der Waals surface area contributed by atoms with E-state index in [2.05, 4.69) is 20.7 Å². The maximum Gasteiger partial charge on any atom is 0.191 e. The fourth-order valence-electron chi connectivity index (χ4n) is 2.24. The molecule has 0 bridgehead atoms. The van der Waals surface area contributed by atoms with Gasteiger partial charge in [-0.15, -0.1) is 24.0 Å². The summed E-state index contributed by atoms with van der Waals surface area (Å²) < 4.78 is 28.6. The molecule has 0 saturated heterocycles. The van der Waals surface area contributed by atoms with Gasteiger partial charge >= 0.3 is 0 Å². The molecule has 0 saturated carbocycles. The molecule has 0 radical (unpaired) electrons. The summed E-state index contributed by atoms with van der Waals surface area (Å²) in [6.07, 6.45) is 4.13. The van der Waals surface area contributed by atoms with Crippen LogP contribution in [0.3, 0.4) is 0 Å². The highest BCUT2D eigenvalue weighted by atomic mass is 127. The molecule has 1 aromatic carbocycles. The van der Waals surface area contributed by atoms with Crippen molar-refractivity contribution in [3.63, 3.8) is 0 Å². The Morgan fingerprint density at radius 2 is 2.08 bits per heavy atom. The maximum atomic E-state index is 13.6. The average molecular weight is 463 g/mol. The van der Waals surface area contributed by atoms with E-state index < -0.39 is 11.6 Å². The van der Waals surface area contributed by atoms with E-state index in [9.17, 15) is 8.78 Å². The molecule has 1 aromatic heterocycles. The molecule has 2 rings (SSSR count). The molecule has 0 fully saturated rings. The average Bonchev–Trinajstić information content (AvgIpc) is 2.96. The van der Waals surface area contributed by atoms with Gasteiger partial charge in [0.1, 0.15) is 11.6 Å². The van der Waals surface area contributed by atoms with E-state index in [1.807, 2.05) is 30.9 Å². The number of aliphatic imine (C=N–C) groups is 1. The molecule has 2 aromatic rings. The van der Waals surface area contributed by atoms with Crippen LogP contribution >= 0.6 is 24.0 Å². The Bertz CT molecular complexity index is 687. The van der Waals surface area contributed by atoms with Crippen molar-refractivity contribution in [2.24, 2.45) is 4.99 Å². The second kappa shape index (κ2) is 11.0. The minimum atomic E-state index is -0.435. The van der Waals surface area contributed by atoms with Crippen LogP contribution in [0, 0.1) is 18.6 Å². The van der Waals surface area contributed by atoms with E-state index in [0.29, 0.717) is 31.0 Å². The summed E-state index contributed by atoms with van der Waals surface area (Å²) in [5, 5.41) is 10.5. The highest BCUT2D eigenvalue weighted by molar-refractivity contribution is 14.0. The largest absolute Gasteiger partial charge is 0.357 e. The number of hydrogen-bond acceptors (Lipinski definition) is 2. The number of aryl methyl sites for hydroxylation is 1. The number of hydrogen-bond donors (Lipinski definition) is 2. The molecular formula is C17H24F2IN5. The van der Waals surface area contributed by atoms with E-state index in [1.54, 1.807) is 0 Å². The topological polar surface area (TPSA) is 54.2 Å². The Kier molecular flexibility index (Phi) is 9.40. The lowest BCUT2D eigenvalue weighted by atomic mass is 10.1. The molecule has 0 amide bonds. The Labute approximate surface area is 163 Å². The first-order valence-electron chi connectivity index (χ1n) is 8.03. The molecule has 0 spiro atoms. The lowest BCUT2D eigenvalue weighted by Crippen LogP contribution is -2.39. The van der Waals surface area contributed by atoms with Crippen molar-refractivity contribution in [3.8, 4) is 0 Å². The van der Waals surface area contributed by atoms with Crippen molar-refractivity contribution in [2.45, 2.75) is 26.8 Å². The van der Waals surface area contributed by atoms with Crippen LogP contribution in [-0.2, 0) is 13.0 Å². The van der Waals surface area contributed by atoms with Crippen molar-refractivity contribution in [1.82, 2.24) is 20.4 Å². The van der Waals surface area contributed by atoms with Crippen LogP contribution in [0.5, 0.6) is 0 Å². The Morgan fingerprint density at radius 1 is 1.28 bits per heavy atom. The van der Waals surface area contributed by atoms with Gasteiger partial charge in [0.15, 0.2) is 5.96 Å². The van der Waals surface area contributed by atoms with Crippen molar-refractivity contribution in [3.05, 3.63) is 53.4 Å². The van der Waals surface area contributed by atoms with Gasteiger partial charge in [0.2, 0.25) is 0 Å². The molecule has 0 aliphatic heterocycles. The van der Waals surface area contributed by atoms with Crippen molar-refractivity contribution in [2.75, 3.05) is 19.6 Å². The number of nitrogens with zero attached hydrogens (tertiary/aromatic N) is 3. The number of halogens is 3. The number of nitrogens with one attached hydrogen (secondary N) is 2. The predicted octanol–water partition coefficient (Wildman–Crippen LogP) is 2.89. The molecule has 0 unspecified atom stereocenters. The Hall–Kier alpha value is -1.71. The molecule has 138 valence electrons. The van der Waals surface area contributed by atoms with Gasteiger partial charge in [-0.3, -0.25) is 9.67 Å². The predicted molar refractivity (Wildman–Crippen MR) is 106 cm³/mol. The summed E-state index contributed by atoms with van der Waals surface area (Å²) in [6.45, 7) is 6.45. The smallest absolute Gasteiger partial charge is 0.191 e. The first kappa shape index (κ1) is 21.3. The second-order valence-corrected chi connectivity index (χ2v) is 5.45. The summed E-state index contributed by atoms with van der Waals surface area (Å²) in [4.78, 5) is 4.39. The molecule has 5 nitrogen and oxygen atoms in total. The SMILES string of the molecule is CCNC(=NCCc1cc(F)ccc1F)NCCn1cc(C)cn1.I. The van der Waals surface area contributed by atoms with Gasteiger partial charge in [-0.25, -0.2) is 8.78 Å². The zero-order valence-electron chi connectivity index (χ0n) is 14.4. The van der Waals surface area contributed by atoms with E-state index >= 15 is 0 Å². The molecule has 0 aliphatic carbocycles. The highest BCUT2D eigenvalue weighted by Crippen LogP contribution is 2.10. The van der Waals surface area contributed by atoms with Crippen molar-refractivity contribution >= 4 is 29.9 Å². The standard InChI is InChI=1S/C17H23F2N5.HI/c1-3-20-17(22-8-9-24-12-13(2)11-23-24)21-7-6-14-10-15(18)4-5-16(14)19;/h4-5,10-12H,3,6-9H2,1-2H3,(H2,20,21,22);1H. The fourth-order valence-corrected chi connectivity index (χ4v) is 2.24. The van der Waals surface area contributed by atoms with Gasteiger partial charge in [0, 0.05) is 25.8 Å². The minimum Gasteiger partial charge on any atom is -0.357 e. The molecule has 1 heterocycles. The van der Waals surface area contributed by atoms with Crippen LogP contribution in [0.2, 0.25) is 0 Å². The van der Waals surface area contributed by atoms with Gasteiger partial charge in [0.25, 0.3) is 0 Å². The van der Waals surface area contributed by atoms with E-state index in [4.69, 9.17) is 0 Å². The molecule has 8 heteroatoms. The van der Waals surface area contributed by atoms with Crippen LogP contribution < -0.4 is 10.6 Å². The quantitative estimate of drug-likeness (QED) is 0.377.